The van der Waals surface area contributed by atoms with Crippen molar-refractivity contribution in [2.75, 3.05) is 0 Å². The van der Waals surface area contributed by atoms with Gasteiger partial charge in [-0.1, -0.05) is 42.0 Å². The first-order valence-corrected chi connectivity index (χ1v) is 9.88. The number of hydrogen-bond donors (Lipinski definition) is 0. The SMILES string of the molecule is Cc1cc(C)c(S(=O)(=O)N=C2C=C(Br)C(=O)c3ccccc32)c(C)c1. The fraction of sp³-hybridized carbons (Fsp3) is 0.158. The molecule has 3 rings (SSSR count). The molecule has 128 valence electrons. The number of hydrogen-bond acceptors (Lipinski definition) is 3. The maximum Gasteiger partial charge on any atom is 0.283 e. The minimum Gasteiger partial charge on any atom is -0.288 e. The van der Waals surface area contributed by atoms with Crippen molar-refractivity contribution in [2.45, 2.75) is 25.7 Å². The summed E-state index contributed by atoms with van der Waals surface area (Å²) >= 11 is 3.20. The molecular weight excluding hydrogens is 402 g/mol. The molecule has 1 aliphatic carbocycles. The molecule has 0 bridgehead atoms. The van der Waals surface area contributed by atoms with Gasteiger partial charge in [-0.25, -0.2) is 0 Å². The van der Waals surface area contributed by atoms with E-state index in [0.717, 1.165) is 5.56 Å². The van der Waals surface area contributed by atoms with Gasteiger partial charge in [0, 0.05) is 11.1 Å². The molecule has 4 nitrogen and oxygen atoms in total. The summed E-state index contributed by atoms with van der Waals surface area (Å²) in [6.07, 6.45) is 1.46. The summed E-state index contributed by atoms with van der Waals surface area (Å²) < 4.78 is 30.2. The minimum absolute atomic E-state index is 0.186. The molecule has 0 unspecified atom stereocenters. The molecule has 0 saturated heterocycles. The highest BCUT2D eigenvalue weighted by Gasteiger charge is 2.26. The third kappa shape index (κ3) is 3.24. The van der Waals surface area contributed by atoms with Crippen molar-refractivity contribution in [1.29, 1.82) is 0 Å². The van der Waals surface area contributed by atoms with E-state index in [4.69, 9.17) is 0 Å². The zero-order valence-corrected chi connectivity index (χ0v) is 16.4. The van der Waals surface area contributed by atoms with Crippen LogP contribution in [0.5, 0.6) is 0 Å². The second kappa shape index (κ2) is 6.35. The second-order valence-corrected chi connectivity index (χ2v) is 8.44. The Labute approximate surface area is 155 Å². The summed E-state index contributed by atoms with van der Waals surface area (Å²) in [5.74, 6) is -0.186. The van der Waals surface area contributed by atoms with Crippen LogP contribution in [-0.2, 0) is 10.0 Å². The molecular formula is C19H16BrNO3S. The van der Waals surface area contributed by atoms with E-state index in [9.17, 15) is 13.2 Å². The third-order valence-electron chi connectivity index (χ3n) is 4.01. The first-order chi connectivity index (χ1) is 11.7. The summed E-state index contributed by atoms with van der Waals surface area (Å²) in [5.41, 5.74) is 3.51. The Morgan fingerprint density at radius 2 is 1.52 bits per heavy atom. The number of halogens is 1. The Bertz CT molecular complexity index is 1040. The maximum absolute atomic E-state index is 12.9. The number of ketones is 1. The van der Waals surface area contributed by atoms with Gasteiger partial charge >= 0.3 is 0 Å². The largest absolute Gasteiger partial charge is 0.288 e. The highest BCUT2D eigenvalue weighted by molar-refractivity contribution is 9.12. The quantitative estimate of drug-likeness (QED) is 0.732. The van der Waals surface area contributed by atoms with Gasteiger partial charge in [-0.2, -0.15) is 12.8 Å². The number of nitrogens with zero attached hydrogens (tertiary/aromatic N) is 1. The topological polar surface area (TPSA) is 63.6 Å². The molecule has 0 N–H and O–H groups in total. The van der Waals surface area contributed by atoms with Crippen molar-refractivity contribution in [3.05, 3.63) is 74.8 Å². The van der Waals surface area contributed by atoms with E-state index in [2.05, 4.69) is 20.3 Å². The summed E-state index contributed by atoms with van der Waals surface area (Å²) in [7, 11) is -3.91. The normalized spacial score (nSPS) is 15.9. The number of fused-ring (bicyclic) bond motifs is 1. The first-order valence-electron chi connectivity index (χ1n) is 7.65. The zero-order chi connectivity index (χ0) is 18.4. The van der Waals surface area contributed by atoms with E-state index in [1.807, 2.05) is 19.1 Å². The number of rotatable bonds is 2. The summed E-state index contributed by atoms with van der Waals surface area (Å²) in [4.78, 5) is 12.4. The van der Waals surface area contributed by atoms with Crippen LogP contribution in [-0.4, -0.2) is 19.9 Å². The molecule has 0 saturated carbocycles. The lowest BCUT2D eigenvalue weighted by Gasteiger charge is -2.15. The minimum atomic E-state index is -3.91. The molecule has 0 heterocycles. The highest BCUT2D eigenvalue weighted by Crippen LogP contribution is 2.28. The van der Waals surface area contributed by atoms with Crippen molar-refractivity contribution in [1.82, 2.24) is 0 Å². The standard InChI is InChI=1S/C19H16BrNO3S/c1-11-8-12(2)19(13(3)9-11)25(23,24)21-17-10-16(20)18(22)15-7-5-4-6-14(15)17/h4-10H,1-3H3. The van der Waals surface area contributed by atoms with Crippen LogP contribution in [0.15, 0.2) is 56.2 Å². The van der Waals surface area contributed by atoms with E-state index in [0.29, 0.717) is 22.3 Å². The molecule has 1 aliphatic rings. The van der Waals surface area contributed by atoms with Gasteiger partial charge < -0.3 is 0 Å². The lowest BCUT2D eigenvalue weighted by atomic mass is 9.94. The maximum atomic E-state index is 12.9. The van der Waals surface area contributed by atoms with Gasteiger partial charge in [0.05, 0.1) is 15.1 Å². The lowest BCUT2D eigenvalue weighted by Crippen LogP contribution is -2.17. The molecule has 2 aromatic rings. The number of carbonyl (C=O) groups is 1. The highest BCUT2D eigenvalue weighted by atomic mass is 79.9. The van der Waals surface area contributed by atoms with Crippen molar-refractivity contribution in [2.24, 2.45) is 4.40 Å². The number of benzene rings is 2. The van der Waals surface area contributed by atoms with E-state index in [1.54, 1.807) is 38.1 Å². The summed E-state index contributed by atoms with van der Waals surface area (Å²) in [5, 5.41) is 0. The fourth-order valence-electron chi connectivity index (χ4n) is 3.12. The molecule has 0 atom stereocenters. The predicted octanol–water partition coefficient (Wildman–Crippen LogP) is 4.26. The zero-order valence-electron chi connectivity index (χ0n) is 14.0. The Hall–Kier alpha value is -2.05. The van der Waals surface area contributed by atoms with Gasteiger partial charge in [0.25, 0.3) is 10.0 Å². The average molecular weight is 418 g/mol. The number of allylic oxidation sites excluding steroid dienone is 2. The van der Waals surface area contributed by atoms with Gasteiger partial charge in [0.1, 0.15) is 0 Å². The van der Waals surface area contributed by atoms with Crippen LogP contribution in [0.25, 0.3) is 0 Å². The molecule has 0 fully saturated rings. The Balaban J connectivity index is 2.23. The van der Waals surface area contributed by atoms with Crippen LogP contribution in [0.2, 0.25) is 0 Å². The number of Topliss-reactive ketones (excluding diaryl/α,β-unsaturated/α-hetero) is 1. The van der Waals surface area contributed by atoms with Gasteiger partial charge in [-0.15, -0.1) is 0 Å². The summed E-state index contributed by atoms with van der Waals surface area (Å²) in [6.45, 7) is 5.44. The van der Waals surface area contributed by atoms with Crippen molar-refractivity contribution < 1.29 is 13.2 Å². The average Bonchev–Trinajstić information content (AvgIpc) is 2.50. The fourth-order valence-corrected chi connectivity index (χ4v) is 4.98. The molecule has 0 radical (unpaired) electrons. The number of carbonyl (C=O) groups excluding carboxylic acids is 1. The van der Waals surface area contributed by atoms with Crippen molar-refractivity contribution in [3.63, 3.8) is 0 Å². The monoisotopic (exact) mass is 417 g/mol. The van der Waals surface area contributed by atoms with Crippen LogP contribution in [0.3, 0.4) is 0 Å². The van der Waals surface area contributed by atoms with Gasteiger partial charge in [0.15, 0.2) is 0 Å². The van der Waals surface area contributed by atoms with Crippen LogP contribution in [0.1, 0.15) is 32.6 Å². The van der Waals surface area contributed by atoms with Crippen molar-refractivity contribution >= 4 is 37.4 Å². The van der Waals surface area contributed by atoms with Gasteiger partial charge in [-0.3, -0.25) is 4.79 Å². The van der Waals surface area contributed by atoms with Crippen LogP contribution in [0.4, 0.5) is 0 Å². The van der Waals surface area contributed by atoms with Gasteiger partial charge in [0.2, 0.25) is 5.78 Å². The van der Waals surface area contributed by atoms with E-state index >= 15 is 0 Å². The smallest absolute Gasteiger partial charge is 0.283 e. The van der Waals surface area contributed by atoms with E-state index < -0.39 is 10.0 Å². The van der Waals surface area contributed by atoms with Crippen molar-refractivity contribution in [3.8, 4) is 0 Å². The van der Waals surface area contributed by atoms with E-state index in [1.165, 1.54) is 6.08 Å². The third-order valence-corrected chi connectivity index (χ3v) is 6.20. The number of sulfonamides is 1. The Morgan fingerprint density at radius 1 is 0.960 bits per heavy atom. The Kier molecular flexibility index (Phi) is 4.51. The molecule has 0 aliphatic heterocycles. The molecule has 0 amide bonds. The van der Waals surface area contributed by atoms with Crippen LogP contribution < -0.4 is 0 Å². The van der Waals surface area contributed by atoms with E-state index in [-0.39, 0.29) is 20.9 Å². The molecule has 25 heavy (non-hydrogen) atoms. The summed E-state index contributed by atoms with van der Waals surface area (Å²) in [6, 6.07) is 10.5. The first kappa shape index (κ1) is 17.8. The molecule has 6 heteroatoms. The molecule has 2 aromatic carbocycles. The molecule has 0 aromatic heterocycles. The second-order valence-electron chi connectivity index (χ2n) is 6.05. The van der Waals surface area contributed by atoms with Crippen LogP contribution >= 0.6 is 15.9 Å². The van der Waals surface area contributed by atoms with Crippen LogP contribution in [0, 0.1) is 20.8 Å². The Morgan fingerprint density at radius 3 is 2.12 bits per heavy atom. The van der Waals surface area contributed by atoms with Gasteiger partial charge in [-0.05, 0) is 53.9 Å². The number of aryl methyl sites for hydroxylation is 3. The lowest BCUT2D eigenvalue weighted by molar-refractivity contribution is 0.104. The predicted molar refractivity (Wildman–Crippen MR) is 102 cm³/mol. The molecule has 0 spiro atoms.